The fraction of sp³-hybridized carbons (Fsp3) is 0.462. The van der Waals surface area contributed by atoms with Crippen LogP contribution in [-0.2, 0) is 14.8 Å². The number of rotatable bonds is 5. The molecule has 0 aliphatic carbocycles. The van der Waals surface area contributed by atoms with Crippen molar-refractivity contribution in [1.82, 2.24) is 4.31 Å². The standard InChI is InChI=1S/C13H17NO5S/c1-19-9-10-6-7-14(8-10)20(17,18)12-4-2-11(3-5-12)13(15)16/h2-5,10H,6-9H2,1H3,(H,15,16). The zero-order valence-corrected chi connectivity index (χ0v) is 12.0. The van der Waals surface area contributed by atoms with Gasteiger partial charge in [0.1, 0.15) is 0 Å². The Morgan fingerprint density at radius 1 is 1.40 bits per heavy atom. The molecule has 1 atom stereocenters. The number of carboxylic acid groups (broad SMARTS) is 1. The average Bonchev–Trinajstić information content (AvgIpc) is 2.88. The number of nitrogens with zero attached hydrogens (tertiary/aromatic N) is 1. The van der Waals surface area contributed by atoms with Gasteiger partial charge in [0.15, 0.2) is 0 Å². The number of sulfonamides is 1. The molecular weight excluding hydrogens is 282 g/mol. The van der Waals surface area contributed by atoms with Crippen LogP contribution in [0.15, 0.2) is 29.2 Å². The Kier molecular flexibility index (Phi) is 4.42. The summed E-state index contributed by atoms with van der Waals surface area (Å²) in [6, 6.07) is 5.28. The molecule has 0 radical (unpaired) electrons. The Bertz CT molecular complexity index is 581. The molecule has 0 spiro atoms. The lowest BCUT2D eigenvalue weighted by molar-refractivity contribution is 0.0696. The molecule has 1 aliphatic rings. The fourth-order valence-corrected chi connectivity index (χ4v) is 3.84. The van der Waals surface area contributed by atoms with Gasteiger partial charge >= 0.3 is 5.97 Å². The summed E-state index contributed by atoms with van der Waals surface area (Å²) >= 11 is 0. The van der Waals surface area contributed by atoms with Crippen molar-refractivity contribution >= 4 is 16.0 Å². The Labute approximate surface area is 118 Å². The van der Waals surface area contributed by atoms with Crippen LogP contribution in [-0.4, -0.2) is 50.6 Å². The predicted molar refractivity (Wildman–Crippen MR) is 72.1 cm³/mol. The van der Waals surface area contributed by atoms with Gasteiger partial charge in [-0.15, -0.1) is 0 Å². The summed E-state index contributed by atoms with van der Waals surface area (Å²) in [4.78, 5) is 10.9. The van der Waals surface area contributed by atoms with Gasteiger partial charge in [-0.1, -0.05) is 0 Å². The highest BCUT2D eigenvalue weighted by Crippen LogP contribution is 2.24. The van der Waals surface area contributed by atoms with Gasteiger partial charge < -0.3 is 9.84 Å². The quantitative estimate of drug-likeness (QED) is 0.878. The normalized spacial score (nSPS) is 20.1. The first kappa shape index (κ1) is 15.0. The van der Waals surface area contributed by atoms with Crippen molar-refractivity contribution in [2.45, 2.75) is 11.3 Å². The van der Waals surface area contributed by atoms with Crippen LogP contribution in [0.3, 0.4) is 0 Å². The van der Waals surface area contributed by atoms with E-state index in [0.29, 0.717) is 19.7 Å². The lowest BCUT2D eigenvalue weighted by Gasteiger charge is -2.16. The average molecular weight is 299 g/mol. The summed E-state index contributed by atoms with van der Waals surface area (Å²) in [5, 5.41) is 8.81. The zero-order chi connectivity index (χ0) is 14.8. The largest absolute Gasteiger partial charge is 0.478 e. The lowest BCUT2D eigenvalue weighted by atomic mass is 10.1. The molecule has 6 nitrogen and oxygen atoms in total. The summed E-state index contributed by atoms with van der Waals surface area (Å²) in [6.45, 7) is 1.46. The number of carbonyl (C=O) groups is 1. The number of benzene rings is 1. The molecule has 0 amide bonds. The lowest BCUT2D eigenvalue weighted by Crippen LogP contribution is -2.29. The third-order valence-corrected chi connectivity index (χ3v) is 5.27. The topological polar surface area (TPSA) is 83.9 Å². The molecule has 2 rings (SSSR count). The minimum absolute atomic E-state index is 0.0719. The van der Waals surface area contributed by atoms with Gasteiger partial charge in [0, 0.05) is 20.2 Å². The maximum absolute atomic E-state index is 12.4. The van der Waals surface area contributed by atoms with E-state index in [4.69, 9.17) is 9.84 Å². The maximum atomic E-state index is 12.4. The summed E-state index contributed by atoms with van der Waals surface area (Å²) in [7, 11) is -1.95. The van der Waals surface area contributed by atoms with Gasteiger partial charge in [0.2, 0.25) is 10.0 Å². The first-order valence-electron chi connectivity index (χ1n) is 6.27. The highest BCUT2D eigenvalue weighted by Gasteiger charge is 2.32. The minimum Gasteiger partial charge on any atom is -0.478 e. The first-order valence-corrected chi connectivity index (χ1v) is 7.71. The monoisotopic (exact) mass is 299 g/mol. The van der Waals surface area contributed by atoms with Crippen molar-refractivity contribution < 1.29 is 23.1 Å². The number of methoxy groups -OCH3 is 1. The van der Waals surface area contributed by atoms with Gasteiger partial charge in [-0.2, -0.15) is 4.31 Å². The Balaban J connectivity index is 2.16. The Hall–Kier alpha value is -1.44. The van der Waals surface area contributed by atoms with Crippen molar-refractivity contribution in [3.8, 4) is 0 Å². The molecule has 0 aromatic heterocycles. The number of hydrogen-bond donors (Lipinski definition) is 1. The molecule has 1 unspecified atom stereocenters. The molecule has 7 heteroatoms. The van der Waals surface area contributed by atoms with E-state index in [2.05, 4.69) is 0 Å². The summed E-state index contributed by atoms with van der Waals surface area (Å²) < 4.78 is 31.3. The number of ether oxygens (including phenoxy) is 1. The first-order chi connectivity index (χ1) is 9.45. The van der Waals surface area contributed by atoms with Gasteiger partial charge in [-0.05, 0) is 36.6 Å². The molecule has 1 heterocycles. The number of carboxylic acids is 1. The third kappa shape index (κ3) is 3.00. The van der Waals surface area contributed by atoms with Crippen molar-refractivity contribution in [1.29, 1.82) is 0 Å². The molecule has 1 saturated heterocycles. The summed E-state index contributed by atoms with van der Waals surface area (Å²) in [6.07, 6.45) is 0.778. The van der Waals surface area contributed by atoms with E-state index >= 15 is 0 Å². The Morgan fingerprint density at radius 3 is 2.60 bits per heavy atom. The predicted octanol–water partition coefficient (Wildman–Crippen LogP) is 1.04. The van der Waals surface area contributed by atoms with Crippen LogP contribution in [0.5, 0.6) is 0 Å². The number of hydrogen-bond acceptors (Lipinski definition) is 4. The molecule has 1 aliphatic heterocycles. The van der Waals surface area contributed by atoms with E-state index < -0.39 is 16.0 Å². The molecule has 20 heavy (non-hydrogen) atoms. The van der Waals surface area contributed by atoms with Gasteiger partial charge in [-0.25, -0.2) is 13.2 Å². The van der Waals surface area contributed by atoms with Crippen molar-refractivity contribution in [2.75, 3.05) is 26.8 Å². The van der Waals surface area contributed by atoms with E-state index in [9.17, 15) is 13.2 Å². The van der Waals surface area contributed by atoms with Crippen molar-refractivity contribution in [3.05, 3.63) is 29.8 Å². The molecular formula is C13H17NO5S. The SMILES string of the molecule is COCC1CCN(S(=O)(=O)c2ccc(C(=O)O)cc2)C1. The maximum Gasteiger partial charge on any atom is 0.335 e. The van der Waals surface area contributed by atoms with E-state index in [1.807, 2.05) is 0 Å². The van der Waals surface area contributed by atoms with E-state index in [1.54, 1.807) is 7.11 Å². The van der Waals surface area contributed by atoms with Gasteiger partial charge in [0.05, 0.1) is 17.1 Å². The van der Waals surface area contributed by atoms with Crippen LogP contribution in [0.1, 0.15) is 16.8 Å². The number of aromatic carboxylic acids is 1. The molecule has 1 N–H and O–H groups in total. The smallest absolute Gasteiger partial charge is 0.335 e. The molecule has 1 fully saturated rings. The summed E-state index contributed by atoms with van der Waals surface area (Å²) in [5.74, 6) is -0.858. The highest BCUT2D eigenvalue weighted by molar-refractivity contribution is 7.89. The molecule has 1 aromatic carbocycles. The van der Waals surface area contributed by atoms with Gasteiger partial charge in [0.25, 0.3) is 0 Å². The fourth-order valence-electron chi connectivity index (χ4n) is 2.31. The van der Waals surface area contributed by atoms with Crippen molar-refractivity contribution in [2.24, 2.45) is 5.92 Å². The molecule has 110 valence electrons. The summed E-state index contributed by atoms with van der Waals surface area (Å²) in [5.41, 5.74) is 0.0719. The van der Waals surface area contributed by atoms with Crippen LogP contribution in [0, 0.1) is 5.92 Å². The molecule has 0 bridgehead atoms. The van der Waals surface area contributed by atoms with Crippen LogP contribution < -0.4 is 0 Å². The van der Waals surface area contributed by atoms with Gasteiger partial charge in [-0.3, -0.25) is 0 Å². The Morgan fingerprint density at radius 2 is 2.05 bits per heavy atom. The second-order valence-corrected chi connectivity index (χ2v) is 6.74. The second kappa shape index (κ2) is 5.90. The van der Waals surface area contributed by atoms with Crippen LogP contribution in [0.4, 0.5) is 0 Å². The van der Waals surface area contributed by atoms with E-state index in [-0.39, 0.29) is 16.4 Å². The van der Waals surface area contributed by atoms with Crippen LogP contribution >= 0.6 is 0 Å². The van der Waals surface area contributed by atoms with E-state index in [1.165, 1.54) is 28.6 Å². The second-order valence-electron chi connectivity index (χ2n) is 4.80. The van der Waals surface area contributed by atoms with Crippen molar-refractivity contribution in [3.63, 3.8) is 0 Å². The molecule has 0 saturated carbocycles. The zero-order valence-electron chi connectivity index (χ0n) is 11.2. The highest BCUT2D eigenvalue weighted by atomic mass is 32.2. The van der Waals surface area contributed by atoms with Crippen LogP contribution in [0.2, 0.25) is 0 Å². The third-order valence-electron chi connectivity index (χ3n) is 3.39. The molecule has 1 aromatic rings. The minimum atomic E-state index is -3.55. The van der Waals surface area contributed by atoms with E-state index in [0.717, 1.165) is 6.42 Å². The van der Waals surface area contributed by atoms with Crippen LogP contribution in [0.25, 0.3) is 0 Å².